The zero-order valence-electron chi connectivity index (χ0n) is 15.1. The van der Waals surface area contributed by atoms with Gasteiger partial charge >= 0.3 is 0 Å². The van der Waals surface area contributed by atoms with Crippen molar-refractivity contribution in [1.29, 1.82) is 0 Å². The Morgan fingerprint density at radius 1 is 1.19 bits per heavy atom. The third-order valence-electron chi connectivity index (χ3n) is 4.07. The highest BCUT2D eigenvalue weighted by atomic mass is 32.1. The van der Waals surface area contributed by atoms with Crippen LogP contribution in [0, 0.1) is 5.82 Å². The van der Waals surface area contributed by atoms with Gasteiger partial charge in [0.15, 0.2) is 5.78 Å². The van der Waals surface area contributed by atoms with E-state index in [2.05, 4.69) is 29.0 Å². The monoisotopic (exact) mass is 377 g/mol. The molecule has 0 spiro atoms. The van der Waals surface area contributed by atoms with Crippen molar-refractivity contribution in [2.75, 3.05) is 13.1 Å². The minimum Gasteiger partial charge on any atom is -0.350 e. The molecule has 5 nitrogen and oxygen atoms in total. The van der Waals surface area contributed by atoms with Crippen LogP contribution in [0.15, 0.2) is 29.6 Å². The van der Waals surface area contributed by atoms with Crippen LogP contribution in [0.4, 0.5) is 4.39 Å². The van der Waals surface area contributed by atoms with Crippen molar-refractivity contribution in [3.63, 3.8) is 0 Å². The van der Waals surface area contributed by atoms with Crippen LogP contribution in [0.25, 0.3) is 0 Å². The summed E-state index contributed by atoms with van der Waals surface area (Å²) in [4.78, 5) is 30.7. The molecule has 2 aromatic rings. The first-order valence-electron chi connectivity index (χ1n) is 8.73. The number of aromatic nitrogens is 1. The highest BCUT2D eigenvalue weighted by Crippen LogP contribution is 2.13. The largest absolute Gasteiger partial charge is 0.350 e. The Balaban J connectivity index is 1.76. The molecule has 1 aromatic carbocycles. The first-order valence-corrected chi connectivity index (χ1v) is 9.61. The normalized spacial score (nSPS) is 10.9. The number of hydrogen-bond acceptors (Lipinski definition) is 5. The second-order valence-corrected chi connectivity index (χ2v) is 6.82. The van der Waals surface area contributed by atoms with Crippen LogP contribution in [-0.2, 0) is 17.9 Å². The number of rotatable bonds is 10. The molecule has 0 radical (unpaired) electrons. The van der Waals surface area contributed by atoms with Gasteiger partial charge in [-0.25, -0.2) is 9.37 Å². The van der Waals surface area contributed by atoms with Crippen LogP contribution in [-0.4, -0.2) is 34.7 Å². The zero-order valence-corrected chi connectivity index (χ0v) is 15.9. The summed E-state index contributed by atoms with van der Waals surface area (Å²) in [7, 11) is 0. The van der Waals surface area contributed by atoms with Crippen LogP contribution in [0.5, 0.6) is 0 Å². The van der Waals surface area contributed by atoms with E-state index in [4.69, 9.17) is 0 Å². The van der Waals surface area contributed by atoms with Gasteiger partial charge in [-0.3, -0.25) is 14.5 Å². The Hall–Kier alpha value is -2.12. The Bertz CT molecular complexity index is 744. The maximum Gasteiger partial charge on any atom is 0.220 e. The van der Waals surface area contributed by atoms with Gasteiger partial charge in [0.1, 0.15) is 10.8 Å². The van der Waals surface area contributed by atoms with Crippen LogP contribution in [0.2, 0.25) is 0 Å². The fourth-order valence-electron chi connectivity index (χ4n) is 2.49. The second kappa shape index (κ2) is 10.1. The van der Waals surface area contributed by atoms with Crippen molar-refractivity contribution in [2.24, 2.45) is 0 Å². The van der Waals surface area contributed by atoms with Gasteiger partial charge in [0, 0.05) is 24.8 Å². The highest BCUT2D eigenvalue weighted by molar-refractivity contribution is 7.09. The minimum absolute atomic E-state index is 0.0160. The van der Waals surface area contributed by atoms with Crippen molar-refractivity contribution in [1.82, 2.24) is 15.2 Å². The summed E-state index contributed by atoms with van der Waals surface area (Å²) in [5.74, 6) is -1.16. The second-order valence-electron chi connectivity index (χ2n) is 5.87. The lowest BCUT2D eigenvalue weighted by molar-refractivity contribution is -0.121. The quantitative estimate of drug-likeness (QED) is 0.645. The molecule has 1 N–H and O–H groups in total. The van der Waals surface area contributed by atoms with Crippen LogP contribution in [0.3, 0.4) is 0 Å². The number of nitrogens with zero attached hydrogens (tertiary/aromatic N) is 2. The molecule has 0 saturated carbocycles. The van der Waals surface area contributed by atoms with Crippen LogP contribution >= 0.6 is 11.3 Å². The first kappa shape index (κ1) is 20.2. The van der Waals surface area contributed by atoms with E-state index in [0.29, 0.717) is 6.54 Å². The molecule has 0 bridgehead atoms. The molecule has 0 fully saturated rings. The Morgan fingerprint density at radius 3 is 2.62 bits per heavy atom. The zero-order chi connectivity index (χ0) is 18.9. The van der Waals surface area contributed by atoms with Crippen molar-refractivity contribution in [3.05, 3.63) is 51.7 Å². The summed E-state index contributed by atoms with van der Waals surface area (Å²) in [5, 5.41) is 5.60. The summed E-state index contributed by atoms with van der Waals surface area (Å²) >= 11 is 1.51. The SMILES string of the molecule is CCN(CC)Cc1csc(CNC(=O)CCC(=O)c2ccccc2F)n1. The van der Waals surface area contributed by atoms with Crippen LogP contribution < -0.4 is 5.32 Å². The molecule has 1 amide bonds. The highest BCUT2D eigenvalue weighted by Gasteiger charge is 2.13. The number of halogens is 1. The van der Waals surface area contributed by atoms with E-state index in [-0.39, 0.29) is 30.1 Å². The molecule has 7 heteroatoms. The molecule has 140 valence electrons. The fraction of sp³-hybridized carbons (Fsp3) is 0.421. The molecule has 0 aliphatic heterocycles. The number of benzene rings is 1. The molecule has 26 heavy (non-hydrogen) atoms. The lowest BCUT2D eigenvalue weighted by Crippen LogP contribution is -2.24. The van der Waals surface area contributed by atoms with Gasteiger partial charge in [-0.05, 0) is 25.2 Å². The predicted molar refractivity (Wildman–Crippen MR) is 101 cm³/mol. The number of thiazole rings is 1. The molecule has 2 rings (SSSR count). The van der Waals surface area contributed by atoms with Gasteiger partial charge in [-0.2, -0.15) is 0 Å². The van der Waals surface area contributed by atoms with Gasteiger partial charge in [0.05, 0.1) is 17.8 Å². The number of carbonyl (C=O) groups excluding carboxylic acids is 2. The average molecular weight is 377 g/mol. The third kappa shape index (κ3) is 6.00. The fourth-order valence-corrected chi connectivity index (χ4v) is 3.22. The molecule has 0 aliphatic rings. The number of nitrogens with one attached hydrogen (secondary N) is 1. The lowest BCUT2D eigenvalue weighted by atomic mass is 10.1. The summed E-state index contributed by atoms with van der Waals surface area (Å²) in [6.45, 7) is 7.30. The van der Waals surface area contributed by atoms with Crippen molar-refractivity contribution < 1.29 is 14.0 Å². The first-order chi connectivity index (χ1) is 12.5. The Kier molecular flexibility index (Phi) is 7.87. The summed E-state index contributed by atoms with van der Waals surface area (Å²) < 4.78 is 13.5. The van der Waals surface area contributed by atoms with Crippen molar-refractivity contribution in [3.8, 4) is 0 Å². The van der Waals surface area contributed by atoms with E-state index in [1.54, 1.807) is 6.07 Å². The van der Waals surface area contributed by atoms with Crippen LogP contribution in [0.1, 0.15) is 47.7 Å². The predicted octanol–water partition coefficient (Wildman–Crippen LogP) is 3.40. The summed E-state index contributed by atoms with van der Waals surface area (Å²) in [6.07, 6.45) is 0.0166. The maximum absolute atomic E-state index is 13.5. The molecule has 0 aliphatic carbocycles. The van der Waals surface area contributed by atoms with Gasteiger partial charge in [-0.1, -0.05) is 26.0 Å². The molecular formula is C19H24FN3O2S. The summed E-state index contributed by atoms with van der Waals surface area (Å²) in [6, 6.07) is 5.81. The molecule has 1 heterocycles. The standard InChI is InChI=1S/C19H24FN3O2S/c1-3-23(4-2)12-14-13-26-19(22-14)11-21-18(25)10-9-17(24)15-7-5-6-8-16(15)20/h5-8,13H,3-4,9-12H2,1-2H3,(H,21,25). The smallest absolute Gasteiger partial charge is 0.220 e. The number of hydrogen-bond donors (Lipinski definition) is 1. The van der Waals surface area contributed by atoms with E-state index in [9.17, 15) is 14.0 Å². The van der Waals surface area contributed by atoms with Gasteiger partial charge < -0.3 is 5.32 Å². The lowest BCUT2D eigenvalue weighted by Gasteiger charge is -2.15. The number of carbonyl (C=O) groups is 2. The molecule has 1 aromatic heterocycles. The number of amides is 1. The summed E-state index contributed by atoms with van der Waals surface area (Å²) in [5.41, 5.74) is 1.03. The number of Topliss-reactive ketones (excluding diaryl/α,β-unsaturated/α-hetero) is 1. The van der Waals surface area contributed by atoms with Crippen molar-refractivity contribution in [2.45, 2.75) is 39.8 Å². The third-order valence-corrected chi connectivity index (χ3v) is 4.97. The van der Waals surface area contributed by atoms with E-state index >= 15 is 0 Å². The van der Waals surface area contributed by atoms with Crippen molar-refractivity contribution >= 4 is 23.0 Å². The average Bonchev–Trinajstić information content (AvgIpc) is 3.10. The van der Waals surface area contributed by atoms with E-state index < -0.39 is 5.82 Å². The van der Waals surface area contributed by atoms with Gasteiger partial charge in [0.2, 0.25) is 5.91 Å². The number of ketones is 1. The van der Waals surface area contributed by atoms with Gasteiger partial charge in [0.25, 0.3) is 0 Å². The molecule has 0 saturated heterocycles. The topological polar surface area (TPSA) is 62.3 Å². The van der Waals surface area contributed by atoms with E-state index in [1.165, 1.54) is 29.5 Å². The maximum atomic E-state index is 13.5. The van der Waals surface area contributed by atoms with E-state index in [0.717, 1.165) is 30.3 Å². The Morgan fingerprint density at radius 2 is 1.92 bits per heavy atom. The van der Waals surface area contributed by atoms with Gasteiger partial charge in [-0.15, -0.1) is 11.3 Å². The molecule has 0 unspecified atom stereocenters. The molecular weight excluding hydrogens is 353 g/mol. The Labute approximate surface area is 157 Å². The minimum atomic E-state index is -0.554. The molecule has 0 atom stereocenters. The van der Waals surface area contributed by atoms with E-state index in [1.807, 2.05) is 5.38 Å².